The molecule has 2 rings (SSSR count). The Morgan fingerprint density at radius 3 is 2.44 bits per heavy atom. The SMILES string of the molecule is CC1CN(CCCCCCCCSc2cccc(C=O)c2CN(C)C(C)CCC=O)CC(C)N1. The Kier molecular flexibility index (Phi) is 14.1. The fraction of sp³-hybridized carbons (Fsp3) is 0.714. The van der Waals surface area contributed by atoms with Gasteiger partial charge in [-0.3, -0.25) is 9.69 Å². The van der Waals surface area contributed by atoms with Crippen LogP contribution in [-0.4, -0.2) is 72.9 Å². The van der Waals surface area contributed by atoms with Crippen molar-refractivity contribution in [1.29, 1.82) is 0 Å². The van der Waals surface area contributed by atoms with Crippen LogP contribution in [0.3, 0.4) is 0 Å². The Hall–Kier alpha value is -1.21. The van der Waals surface area contributed by atoms with Crippen LogP contribution in [0.1, 0.15) is 88.1 Å². The third kappa shape index (κ3) is 10.6. The monoisotopic (exact) mass is 489 g/mol. The van der Waals surface area contributed by atoms with Gasteiger partial charge in [-0.05, 0) is 71.0 Å². The first-order valence-electron chi connectivity index (χ1n) is 13.3. The molecule has 0 aliphatic carbocycles. The molecule has 1 aromatic carbocycles. The van der Waals surface area contributed by atoms with Crippen LogP contribution in [0, 0.1) is 0 Å². The zero-order valence-corrected chi connectivity index (χ0v) is 22.7. The van der Waals surface area contributed by atoms with Crippen molar-refractivity contribution in [1.82, 2.24) is 15.1 Å². The number of nitrogens with zero attached hydrogens (tertiary/aromatic N) is 2. The van der Waals surface area contributed by atoms with E-state index in [1.54, 1.807) is 0 Å². The minimum atomic E-state index is 0.307. The van der Waals surface area contributed by atoms with Gasteiger partial charge in [0.2, 0.25) is 0 Å². The number of benzene rings is 1. The van der Waals surface area contributed by atoms with Gasteiger partial charge in [0.1, 0.15) is 12.6 Å². The molecule has 34 heavy (non-hydrogen) atoms. The van der Waals surface area contributed by atoms with Crippen molar-refractivity contribution >= 4 is 24.3 Å². The lowest BCUT2D eigenvalue weighted by atomic mass is 10.1. The normalized spacial score (nSPS) is 19.9. The molecule has 5 nitrogen and oxygen atoms in total. The van der Waals surface area contributed by atoms with Gasteiger partial charge >= 0.3 is 0 Å². The van der Waals surface area contributed by atoms with Crippen LogP contribution in [0.2, 0.25) is 0 Å². The van der Waals surface area contributed by atoms with E-state index < -0.39 is 0 Å². The second kappa shape index (κ2) is 16.5. The largest absolute Gasteiger partial charge is 0.309 e. The van der Waals surface area contributed by atoms with Crippen molar-refractivity contribution < 1.29 is 9.59 Å². The summed E-state index contributed by atoms with van der Waals surface area (Å²) in [6.07, 6.45) is 11.2. The maximum Gasteiger partial charge on any atom is 0.150 e. The number of rotatable bonds is 17. The molecule has 1 aliphatic rings. The molecular formula is C28H47N3O2S. The summed E-state index contributed by atoms with van der Waals surface area (Å²) in [5.74, 6) is 1.09. The molecule has 0 saturated carbocycles. The third-order valence-electron chi connectivity index (χ3n) is 6.92. The van der Waals surface area contributed by atoms with Crippen LogP contribution in [0.25, 0.3) is 0 Å². The van der Waals surface area contributed by atoms with E-state index in [1.807, 2.05) is 23.9 Å². The zero-order chi connectivity index (χ0) is 24.8. The van der Waals surface area contributed by atoms with Gasteiger partial charge in [0.05, 0.1) is 0 Å². The van der Waals surface area contributed by atoms with Crippen molar-refractivity contribution in [2.24, 2.45) is 0 Å². The van der Waals surface area contributed by atoms with Gasteiger partial charge in [-0.1, -0.05) is 37.8 Å². The highest BCUT2D eigenvalue weighted by Gasteiger charge is 2.20. The summed E-state index contributed by atoms with van der Waals surface area (Å²) in [4.78, 5) is 28.4. The van der Waals surface area contributed by atoms with Gasteiger partial charge in [-0.25, -0.2) is 0 Å². The number of carbonyl (C=O) groups excluding carboxylic acids is 2. The molecule has 1 heterocycles. The smallest absolute Gasteiger partial charge is 0.150 e. The highest BCUT2D eigenvalue weighted by atomic mass is 32.2. The lowest BCUT2D eigenvalue weighted by molar-refractivity contribution is -0.108. The average Bonchev–Trinajstić information content (AvgIpc) is 2.81. The van der Waals surface area contributed by atoms with E-state index in [0.717, 1.165) is 42.4 Å². The predicted molar refractivity (Wildman–Crippen MR) is 145 cm³/mol. The molecule has 1 fully saturated rings. The summed E-state index contributed by atoms with van der Waals surface area (Å²) < 4.78 is 0. The summed E-state index contributed by atoms with van der Waals surface area (Å²) in [6.45, 7) is 11.1. The van der Waals surface area contributed by atoms with Gasteiger partial charge in [0.15, 0.2) is 0 Å². The molecule has 3 atom stereocenters. The minimum Gasteiger partial charge on any atom is -0.309 e. The quantitative estimate of drug-likeness (QED) is 0.179. The molecule has 0 amide bonds. The van der Waals surface area contributed by atoms with Crippen LogP contribution in [0.15, 0.2) is 23.1 Å². The second-order valence-corrected chi connectivity index (χ2v) is 11.3. The molecule has 6 heteroatoms. The van der Waals surface area contributed by atoms with Crippen LogP contribution >= 0.6 is 11.8 Å². The Balaban J connectivity index is 1.66. The number of piperazine rings is 1. The summed E-state index contributed by atoms with van der Waals surface area (Å²) in [5, 5.41) is 3.61. The Morgan fingerprint density at radius 2 is 1.76 bits per heavy atom. The number of nitrogens with one attached hydrogen (secondary N) is 1. The van der Waals surface area contributed by atoms with Gasteiger partial charge < -0.3 is 15.0 Å². The zero-order valence-electron chi connectivity index (χ0n) is 21.9. The van der Waals surface area contributed by atoms with E-state index in [1.165, 1.54) is 63.1 Å². The van der Waals surface area contributed by atoms with Crippen LogP contribution in [-0.2, 0) is 11.3 Å². The van der Waals surface area contributed by atoms with E-state index in [4.69, 9.17) is 0 Å². The molecule has 1 N–H and O–H groups in total. The van der Waals surface area contributed by atoms with E-state index in [2.05, 4.69) is 49.0 Å². The van der Waals surface area contributed by atoms with Gasteiger partial charge in [0.25, 0.3) is 0 Å². The molecule has 0 bridgehead atoms. The van der Waals surface area contributed by atoms with Crippen molar-refractivity contribution in [2.75, 3.05) is 32.4 Å². The first kappa shape index (κ1) is 29.0. The number of thioether (sulfide) groups is 1. The summed E-state index contributed by atoms with van der Waals surface area (Å²) in [7, 11) is 2.08. The standard InChI is InChI=1S/C28H47N3O2S/c1-23-19-31(20-24(2)29-23)16-9-7-5-6-8-10-18-34-28-15-11-14-26(22-33)27(28)21-30(4)25(3)13-12-17-32/h11,14-15,17,22-25,29H,5-10,12-13,16,18-21H2,1-4H3. The number of unbranched alkanes of at least 4 members (excludes halogenated alkanes) is 5. The first-order chi connectivity index (χ1) is 16.4. The summed E-state index contributed by atoms with van der Waals surface area (Å²) in [5.41, 5.74) is 1.91. The van der Waals surface area contributed by atoms with Crippen LogP contribution in [0.4, 0.5) is 0 Å². The van der Waals surface area contributed by atoms with Crippen molar-refractivity contribution in [3.05, 3.63) is 29.3 Å². The van der Waals surface area contributed by atoms with Crippen LogP contribution in [0.5, 0.6) is 0 Å². The van der Waals surface area contributed by atoms with Crippen molar-refractivity contribution in [3.8, 4) is 0 Å². The maximum atomic E-state index is 11.7. The molecule has 1 saturated heterocycles. The number of aldehydes is 2. The number of hydrogen-bond donors (Lipinski definition) is 1. The highest BCUT2D eigenvalue weighted by Crippen LogP contribution is 2.28. The summed E-state index contributed by atoms with van der Waals surface area (Å²) >= 11 is 1.88. The molecule has 3 unspecified atom stereocenters. The first-order valence-corrected chi connectivity index (χ1v) is 14.2. The van der Waals surface area contributed by atoms with Crippen LogP contribution < -0.4 is 5.32 Å². The molecule has 192 valence electrons. The lowest BCUT2D eigenvalue weighted by Crippen LogP contribution is -2.54. The van der Waals surface area contributed by atoms with E-state index in [-0.39, 0.29) is 0 Å². The molecule has 0 radical (unpaired) electrons. The van der Waals surface area contributed by atoms with Gasteiger partial charge in [-0.15, -0.1) is 11.8 Å². The van der Waals surface area contributed by atoms with Crippen molar-refractivity contribution in [3.63, 3.8) is 0 Å². The third-order valence-corrected chi connectivity index (χ3v) is 8.10. The fourth-order valence-corrected chi connectivity index (χ4v) is 5.98. The topological polar surface area (TPSA) is 52.7 Å². The Morgan fingerprint density at radius 1 is 1.09 bits per heavy atom. The maximum absolute atomic E-state index is 11.7. The summed E-state index contributed by atoms with van der Waals surface area (Å²) in [6, 6.07) is 7.58. The number of carbonyl (C=O) groups is 2. The number of hydrogen-bond acceptors (Lipinski definition) is 6. The fourth-order valence-electron chi connectivity index (χ4n) is 4.88. The predicted octanol–water partition coefficient (Wildman–Crippen LogP) is 5.41. The molecule has 1 aromatic rings. The molecular weight excluding hydrogens is 442 g/mol. The minimum absolute atomic E-state index is 0.307. The average molecular weight is 490 g/mol. The van der Waals surface area contributed by atoms with E-state index in [9.17, 15) is 9.59 Å². The Labute approximate surface area is 212 Å². The Bertz CT molecular complexity index is 720. The molecule has 1 aliphatic heterocycles. The van der Waals surface area contributed by atoms with E-state index in [0.29, 0.717) is 24.5 Å². The molecule has 0 aromatic heterocycles. The van der Waals surface area contributed by atoms with Gasteiger partial charge in [-0.2, -0.15) is 0 Å². The van der Waals surface area contributed by atoms with Gasteiger partial charge in [0, 0.05) is 54.6 Å². The van der Waals surface area contributed by atoms with Crippen molar-refractivity contribution in [2.45, 2.75) is 102 Å². The second-order valence-electron chi connectivity index (χ2n) is 10.1. The van der Waals surface area contributed by atoms with E-state index >= 15 is 0 Å². The highest BCUT2D eigenvalue weighted by molar-refractivity contribution is 7.99. The molecule has 0 spiro atoms. The lowest BCUT2D eigenvalue weighted by Gasteiger charge is -2.36.